The van der Waals surface area contributed by atoms with Crippen LogP contribution in [0.4, 0.5) is 0 Å². The zero-order chi connectivity index (χ0) is 12.3. The Bertz CT molecular complexity index is 353. The predicted molar refractivity (Wildman–Crippen MR) is 80.4 cm³/mol. The number of piperidine rings is 1. The number of benzene rings is 1. The van der Waals surface area contributed by atoms with Gasteiger partial charge in [0.05, 0.1) is 0 Å². The van der Waals surface area contributed by atoms with Gasteiger partial charge in [-0.05, 0) is 43.0 Å². The van der Waals surface area contributed by atoms with Crippen molar-refractivity contribution in [1.29, 1.82) is 0 Å². The Labute approximate surface area is 121 Å². The van der Waals surface area contributed by atoms with Crippen LogP contribution in [0.1, 0.15) is 25.3 Å². The van der Waals surface area contributed by atoms with Gasteiger partial charge in [-0.3, -0.25) is 4.90 Å². The fourth-order valence-corrected chi connectivity index (χ4v) is 2.70. The molecule has 1 heterocycles. The maximum atomic E-state index is 5.90. The van der Waals surface area contributed by atoms with E-state index in [4.69, 9.17) is 17.3 Å². The van der Waals surface area contributed by atoms with E-state index in [0.29, 0.717) is 6.04 Å². The lowest BCUT2D eigenvalue weighted by Crippen LogP contribution is -2.45. The number of hydrogen-bond acceptors (Lipinski definition) is 2. The van der Waals surface area contributed by atoms with Gasteiger partial charge in [-0.15, -0.1) is 12.4 Å². The van der Waals surface area contributed by atoms with E-state index in [0.717, 1.165) is 30.6 Å². The maximum Gasteiger partial charge on any atom is 0.0406 e. The van der Waals surface area contributed by atoms with Gasteiger partial charge < -0.3 is 5.73 Å². The van der Waals surface area contributed by atoms with Gasteiger partial charge in [-0.1, -0.05) is 30.7 Å². The molecule has 2 rings (SSSR count). The first-order valence-electron chi connectivity index (χ1n) is 6.37. The third kappa shape index (κ3) is 4.13. The van der Waals surface area contributed by atoms with E-state index in [2.05, 4.69) is 24.0 Å². The van der Waals surface area contributed by atoms with E-state index in [1.165, 1.54) is 18.4 Å². The third-order valence-electron chi connectivity index (χ3n) is 3.67. The highest BCUT2D eigenvalue weighted by atomic mass is 35.5. The second kappa shape index (κ2) is 7.34. The number of rotatable bonds is 3. The molecule has 0 aliphatic carbocycles. The van der Waals surface area contributed by atoms with Crippen LogP contribution in [-0.2, 0) is 6.54 Å². The van der Waals surface area contributed by atoms with Crippen LogP contribution in [0.3, 0.4) is 0 Å². The summed E-state index contributed by atoms with van der Waals surface area (Å²) in [5.74, 6) is 0.810. The minimum absolute atomic E-state index is 0. The molecule has 1 fully saturated rings. The van der Waals surface area contributed by atoms with E-state index in [9.17, 15) is 0 Å². The second-order valence-corrected chi connectivity index (χ2v) is 5.55. The summed E-state index contributed by atoms with van der Waals surface area (Å²) in [5, 5.41) is 0.802. The van der Waals surface area contributed by atoms with E-state index in [-0.39, 0.29) is 12.4 Å². The zero-order valence-electron chi connectivity index (χ0n) is 10.8. The van der Waals surface area contributed by atoms with Crippen LogP contribution in [-0.4, -0.2) is 24.0 Å². The molecule has 1 aromatic rings. The van der Waals surface area contributed by atoms with E-state index in [1.54, 1.807) is 0 Å². The fraction of sp³-hybridized carbons (Fsp3) is 0.571. The summed E-state index contributed by atoms with van der Waals surface area (Å²) in [6.07, 6.45) is 2.51. The van der Waals surface area contributed by atoms with Crippen LogP contribution in [0.15, 0.2) is 24.3 Å². The molecular weight excluding hydrogens is 267 g/mol. The summed E-state index contributed by atoms with van der Waals surface area (Å²) < 4.78 is 0. The van der Waals surface area contributed by atoms with Crippen LogP contribution < -0.4 is 5.73 Å². The Morgan fingerprint density at radius 1 is 1.33 bits per heavy atom. The van der Waals surface area contributed by atoms with Gasteiger partial charge in [0.2, 0.25) is 0 Å². The van der Waals surface area contributed by atoms with Crippen molar-refractivity contribution in [2.45, 2.75) is 32.4 Å². The van der Waals surface area contributed by atoms with Crippen molar-refractivity contribution in [2.24, 2.45) is 11.7 Å². The van der Waals surface area contributed by atoms with Crippen LogP contribution in [0.25, 0.3) is 0 Å². The van der Waals surface area contributed by atoms with Crippen LogP contribution >= 0.6 is 24.0 Å². The molecule has 1 aromatic carbocycles. The van der Waals surface area contributed by atoms with Crippen LogP contribution in [0.2, 0.25) is 5.02 Å². The number of hydrogen-bond donors (Lipinski definition) is 1. The number of nitrogens with two attached hydrogens (primary N) is 1. The molecule has 2 atom stereocenters. The standard InChI is InChI=1S/C14H21ClN2.ClH/c1-11-6-7-17(14(8-11)9-16)10-12-2-4-13(15)5-3-12;/h2-5,11,14H,6-10,16H2,1H3;1H. The predicted octanol–water partition coefficient (Wildman–Crippen LogP) is 3.32. The first-order chi connectivity index (χ1) is 8.19. The van der Waals surface area contributed by atoms with E-state index in [1.807, 2.05) is 12.1 Å². The van der Waals surface area contributed by atoms with Gasteiger partial charge in [0.1, 0.15) is 0 Å². The molecule has 1 aliphatic heterocycles. The Morgan fingerprint density at radius 3 is 2.61 bits per heavy atom. The Hall–Kier alpha value is -0.280. The summed E-state index contributed by atoms with van der Waals surface area (Å²) in [7, 11) is 0. The quantitative estimate of drug-likeness (QED) is 0.925. The summed E-state index contributed by atoms with van der Waals surface area (Å²) in [5.41, 5.74) is 7.19. The second-order valence-electron chi connectivity index (χ2n) is 5.12. The SMILES string of the molecule is CC1CCN(Cc2ccc(Cl)cc2)C(CN)C1.Cl. The molecule has 2 unspecified atom stereocenters. The zero-order valence-corrected chi connectivity index (χ0v) is 12.4. The van der Waals surface area contributed by atoms with Gasteiger partial charge in [-0.2, -0.15) is 0 Å². The number of likely N-dealkylation sites (tertiary alicyclic amines) is 1. The average molecular weight is 289 g/mol. The molecule has 0 radical (unpaired) electrons. The lowest BCUT2D eigenvalue weighted by molar-refractivity contribution is 0.115. The minimum atomic E-state index is 0. The van der Waals surface area contributed by atoms with Gasteiger partial charge in [0.15, 0.2) is 0 Å². The summed E-state index contributed by atoms with van der Waals surface area (Å²) >= 11 is 5.90. The molecule has 0 saturated carbocycles. The molecule has 1 saturated heterocycles. The van der Waals surface area contributed by atoms with Crippen molar-refractivity contribution < 1.29 is 0 Å². The largest absolute Gasteiger partial charge is 0.329 e. The highest BCUT2D eigenvalue weighted by molar-refractivity contribution is 6.30. The highest BCUT2D eigenvalue weighted by Gasteiger charge is 2.24. The minimum Gasteiger partial charge on any atom is -0.329 e. The maximum absolute atomic E-state index is 5.90. The third-order valence-corrected chi connectivity index (χ3v) is 3.92. The summed E-state index contributed by atoms with van der Waals surface area (Å²) in [4.78, 5) is 2.50. The molecule has 0 aromatic heterocycles. The van der Waals surface area contributed by atoms with Gasteiger partial charge in [0, 0.05) is 24.2 Å². The molecule has 2 N–H and O–H groups in total. The lowest BCUT2D eigenvalue weighted by Gasteiger charge is -2.38. The molecule has 0 amide bonds. The van der Waals surface area contributed by atoms with Crippen molar-refractivity contribution in [3.63, 3.8) is 0 Å². The Balaban J connectivity index is 0.00000162. The Kier molecular flexibility index (Phi) is 6.44. The van der Waals surface area contributed by atoms with Gasteiger partial charge in [-0.25, -0.2) is 0 Å². The molecule has 2 nitrogen and oxygen atoms in total. The normalized spacial score (nSPS) is 24.6. The molecule has 4 heteroatoms. The van der Waals surface area contributed by atoms with Gasteiger partial charge in [0.25, 0.3) is 0 Å². The fourth-order valence-electron chi connectivity index (χ4n) is 2.58. The average Bonchev–Trinajstić information content (AvgIpc) is 2.34. The summed E-state index contributed by atoms with van der Waals surface area (Å²) in [6, 6.07) is 8.67. The van der Waals surface area contributed by atoms with Crippen molar-refractivity contribution in [2.75, 3.05) is 13.1 Å². The molecule has 102 valence electrons. The van der Waals surface area contributed by atoms with Crippen LogP contribution in [0.5, 0.6) is 0 Å². The molecule has 0 bridgehead atoms. The van der Waals surface area contributed by atoms with Crippen LogP contribution in [0, 0.1) is 5.92 Å². The number of nitrogens with zero attached hydrogens (tertiary/aromatic N) is 1. The number of halogens is 2. The monoisotopic (exact) mass is 288 g/mol. The first kappa shape index (κ1) is 15.8. The van der Waals surface area contributed by atoms with E-state index < -0.39 is 0 Å². The molecule has 18 heavy (non-hydrogen) atoms. The molecule has 1 aliphatic rings. The first-order valence-corrected chi connectivity index (χ1v) is 6.75. The van der Waals surface area contributed by atoms with E-state index >= 15 is 0 Å². The van der Waals surface area contributed by atoms with Crippen molar-refractivity contribution in [3.05, 3.63) is 34.9 Å². The van der Waals surface area contributed by atoms with Crippen molar-refractivity contribution in [3.8, 4) is 0 Å². The molecule has 0 spiro atoms. The smallest absolute Gasteiger partial charge is 0.0406 e. The van der Waals surface area contributed by atoms with Gasteiger partial charge >= 0.3 is 0 Å². The highest BCUT2D eigenvalue weighted by Crippen LogP contribution is 2.23. The molecular formula is C14H22Cl2N2. The Morgan fingerprint density at radius 2 is 2.00 bits per heavy atom. The lowest BCUT2D eigenvalue weighted by atomic mass is 9.92. The van der Waals surface area contributed by atoms with Crippen molar-refractivity contribution in [1.82, 2.24) is 4.90 Å². The summed E-state index contributed by atoms with van der Waals surface area (Å²) in [6.45, 7) is 5.23. The van der Waals surface area contributed by atoms with Crippen molar-refractivity contribution >= 4 is 24.0 Å². The topological polar surface area (TPSA) is 29.3 Å².